The number of carbonyl (C=O) groups excluding carboxylic acids is 2. The molecule has 0 aromatic heterocycles. The van der Waals surface area contributed by atoms with Gasteiger partial charge in [-0.2, -0.15) is 0 Å². The zero-order chi connectivity index (χ0) is 23.6. The number of halogens is 2. The number of methoxy groups -OCH3 is 1. The van der Waals surface area contributed by atoms with E-state index in [9.17, 15) is 9.59 Å². The summed E-state index contributed by atoms with van der Waals surface area (Å²) in [5, 5.41) is 0.940. The number of rotatable bonds is 9. The van der Waals surface area contributed by atoms with Gasteiger partial charge < -0.3 is 19.4 Å². The van der Waals surface area contributed by atoms with Gasteiger partial charge in [-0.3, -0.25) is 9.59 Å². The Morgan fingerprint density at radius 2 is 1.94 bits per heavy atom. The lowest BCUT2D eigenvalue weighted by Crippen LogP contribution is -2.38. The van der Waals surface area contributed by atoms with E-state index in [4.69, 9.17) is 27.9 Å². The summed E-state index contributed by atoms with van der Waals surface area (Å²) in [5.74, 6) is 0.688. The molecule has 2 saturated heterocycles. The number of carbonyl (C=O) groups is 2. The number of ether oxygens (including phenoxy) is 1. The van der Waals surface area contributed by atoms with Crippen molar-refractivity contribution in [3.8, 4) is 0 Å². The quantitative estimate of drug-likeness (QED) is 0.380. The van der Waals surface area contributed by atoms with Crippen LogP contribution in [0.25, 0.3) is 6.08 Å². The largest absolute Gasteiger partial charge is 0.384 e. The van der Waals surface area contributed by atoms with Gasteiger partial charge in [0.2, 0.25) is 11.8 Å². The van der Waals surface area contributed by atoms with Crippen LogP contribution in [0.1, 0.15) is 37.7 Å². The van der Waals surface area contributed by atoms with Gasteiger partial charge in [-0.1, -0.05) is 29.3 Å². The molecule has 2 fully saturated rings. The summed E-state index contributed by atoms with van der Waals surface area (Å²) in [7, 11) is 1.78. The van der Waals surface area contributed by atoms with Crippen LogP contribution in [-0.4, -0.2) is 86.0 Å². The van der Waals surface area contributed by atoms with Crippen LogP contribution in [0, 0.1) is 5.92 Å². The first-order chi connectivity index (χ1) is 16.0. The molecular formula is C25H35Cl2N3O3. The van der Waals surface area contributed by atoms with E-state index in [2.05, 4.69) is 4.90 Å². The molecule has 0 saturated carbocycles. The van der Waals surface area contributed by atoms with Crippen LogP contribution in [0.3, 0.4) is 0 Å². The molecule has 6 nitrogen and oxygen atoms in total. The second kappa shape index (κ2) is 13.3. The van der Waals surface area contributed by atoms with Crippen LogP contribution in [-0.2, 0) is 14.3 Å². The van der Waals surface area contributed by atoms with E-state index in [0.717, 1.165) is 51.2 Å². The van der Waals surface area contributed by atoms with Crippen molar-refractivity contribution in [2.45, 2.75) is 32.1 Å². The van der Waals surface area contributed by atoms with Crippen LogP contribution in [0.2, 0.25) is 10.0 Å². The third kappa shape index (κ3) is 8.29. The van der Waals surface area contributed by atoms with Crippen LogP contribution in [0.15, 0.2) is 24.3 Å². The number of unbranched alkanes of at least 4 members (excludes halogenated alkanes) is 1. The topological polar surface area (TPSA) is 53.1 Å². The molecule has 33 heavy (non-hydrogen) atoms. The third-order valence-electron chi connectivity index (χ3n) is 6.42. The van der Waals surface area contributed by atoms with Gasteiger partial charge in [-0.05, 0) is 68.5 Å². The summed E-state index contributed by atoms with van der Waals surface area (Å²) in [5.41, 5.74) is 0.813. The van der Waals surface area contributed by atoms with Crippen molar-refractivity contribution in [1.29, 1.82) is 0 Å². The zero-order valence-electron chi connectivity index (χ0n) is 19.5. The SMILES string of the molecule is COCC1CCCN(CCCCN2CCN(C(=O)/C=C/c3ccc(Cl)c(Cl)c3)CCC2=O)C1. The second-order valence-corrected chi connectivity index (χ2v) is 9.75. The molecule has 1 aromatic carbocycles. The average molecular weight is 496 g/mol. The van der Waals surface area contributed by atoms with Crippen molar-refractivity contribution in [3.63, 3.8) is 0 Å². The van der Waals surface area contributed by atoms with E-state index in [0.29, 0.717) is 42.0 Å². The molecule has 0 N–H and O–H groups in total. The first-order valence-corrected chi connectivity index (χ1v) is 12.6. The van der Waals surface area contributed by atoms with Gasteiger partial charge in [-0.15, -0.1) is 0 Å². The van der Waals surface area contributed by atoms with Gasteiger partial charge in [0.15, 0.2) is 0 Å². The number of piperidine rings is 1. The molecule has 182 valence electrons. The molecule has 2 amide bonds. The standard InChI is InChI=1S/C25H35Cl2N3O3/c1-33-19-21-5-4-12-28(18-21)11-2-3-13-29-15-16-30(14-10-25(29)32)24(31)9-7-20-6-8-22(26)23(27)17-20/h6-9,17,21H,2-5,10-16,18-19H2,1H3/b9-7+. The highest BCUT2D eigenvalue weighted by molar-refractivity contribution is 6.42. The van der Waals surface area contributed by atoms with Crippen LogP contribution in [0.4, 0.5) is 0 Å². The molecule has 1 atom stereocenters. The maximum atomic E-state index is 12.6. The minimum absolute atomic E-state index is 0.0913. The fourth-order valence-electron chi connectivity index (χ4n) is 4.58. The predicted molar refractivity (Wildman–Crippen MR) is 134 cm³/mol. The first-order valence-electron chi connectivity index (χ1n) is 11.9. The van der Waals surface area contributed by atoms with Gasteiger partial charge in [0.05, 0.1) is 16.7 Å². The summed E-state index contributed by atoms with van der Waals surface area (Å²) in [6, 6.07) is 5.25. The molecule has 0 aliphatic carbocycles. The Labute approximate surface area is 207 Å². The minimum atomic E-state index is -0.0913. The normalized spacial score (nSPS) is 20.5. The maximum absolute atomic E-state index is 12.6. The molecule has 0 spiro atoms. The summed E-state index contributed by atoms with van der Waals surface area (Å²) < 4.78 is 5.32. The molecular weight excluding hydrogens is 461 g/mol. The Morgan fingerprint density at radius 1 is 1.12 bits per heavy atom. The Hall–Kier alpha value is -1.60. The molecule has 2 heterocycles. The number of likely N-dealkylation sites (tertiary alicyclic amines) is 1. The van der Waals surface area contributed by atoms with Crippen LogP contribution in [0.5, 0.6) is 0 Å². The lowest BCUT2D eigenvalue weighted by atomic mass is 9.99. The van der Waals surface area contributed by atoms with Gasteiger partial charge >= 0.3 is 0 Å². The number of hydrogen-bond acceptors (Lipinski definition) is 4. The Kier molecular flexibility index (Phi) is 10.5. The molecule has 3 rings (SSSR count). The lowest BCUT2D eigenvalue weighted by molar-refractivity contribution is -0.130. The van der Waals surface area contributed by atoms with E-state index in [1.54, 1.807) is 30.2 Å². The molecule has 0 radical (unpaired) electrons. The summed E-state index contributed by atoms with van der Waals surface area (Å²) in [6.07, 6.45) is 8.20. The van der Waals surface area contributed by atoms with Crippen LogP contribution < -0.4 is 0 Å². The molecule has 0 bridgehead atoms. The summed E-state index contributed by atoms with van der Waals surface area (Å²) in [4.78, 5) is 31.4. The molecule has 2 aliphatic heterocycles. The number of nitrogens with zero attached hydrogens (tertiary/aromatic N) is 3. The van der Waals surface area contributed by atoms with E-state index >= 15 is 0 Å². The van der Waals surface area contributed by atoms with Crippen molar-refractivity contribution in [1.82, 2.24) is 14.7 Å². The van der Waals surface area contributed by atoms with Gasteiger partial charge in [0.25, 0.3) is 0 Å². The second-order valence-electron chi connectivity index (χ2n) is 8.93. The first kappa shape index (κ1) is 26.0. The maximum Gasteiger partial charge on any atom is 0.246 e. The average Bonchev–Trinajstić information content (AvgIpc) is 2.99. The highest BCUT2D eigenvalue weighted by Crippen LogP contribution is 2.23. The fourth-order valence-corrected chi connectivity index (χ4v) is 4.88. The Balaban J connectivity index is 1.40. The Bertz CT molecular complexity index is 831. The Morgan fingerprint density at radius 3 is 2.73 bits per heavy atom. The van der Waals surface area contributed by atoms with E-state index in [-0.39, 0.29) is 11.8 Å². The summed E-state index contributed by atoms with van der Waals surface area (Å²) in [6.45, 7) is 6.55. The third-order valence-corrected chi connectivity index (χ3v) is 7.16. The smallest absolute Gasteiger partial charge is 0.246 e. The van der Waals surface area contributed by atoms with Crippen molar-refractivity contribution in [3.05, 3.63) is 39.9 Å². The lowest BCUT2D eigenvalue weighted by Gasteiger charge is -2.32. The highest BCUT2D eigenvalue weighted by atomic mass is 35.5. The van der Waals surface area contributed by atoms with Crippen molar-refractivity contribution >= 4 is 41.1 Å². The number of benzene rings is 1. The van der Waals surface area contributed by atoms with E-state index in [1.807, 2.05) is 11.0 Å². The van der Waals surface area contributed by atoms with Gasteiger partial charge in [0.1, 0.15) is 0 Å². The minimum Gasteiger partial charge on any atom is -0.384 e. The van der Waals surface area contributed by atoms with Gasteiger partial charge in [0, 0.05) is 52.3 Å². The van der Waals surface area contributed by atoms with Crippen molar-refractivity contribution in [2.75, 3.05) is 59.5 Å². The van der Waals surface area contributed by atoms with Gasteiger partial charge in [-0.25, -0.2) is 0 Å². The number of amides is 2. The fraction of sp³-hybridized carbons (Fsp3) is 0.600. The number of hydrogen-bond donors (Lipinski definition) is 0. The van der Waals surface area contributed by atoms with Crippen LogP contribution >= 0.6 is 23.2 Å². The molecule has 1 unspecified atom stereocenters. The molecule has 8 heteroatoms. The highest BCUT2D eigenvalue weighted by Gasteiger charge is 2.23. The predicted octanol–water partition coefficient (Wildman–Crippen LogP) is 4.21. The molecule has 2 aliphatic rings. The summed E-state index contributed by atoms with van der Waals surface area (Å²) >= 11 is 12.0. The van der Waals surface area contributed by atoms with Crippen molar-refractivity contribution in [2.24, 2.45) is 5.92 Å². The van der Waals surface area contributed by atoms with E-state index in [1.165, 1.54) is 18.9 Å². The molecule has 1 aromatic rings. The zero-order valence-corrected chi connectivity index (χ0v) is 21.0. The monoisotopic (exact) mass is 495 g/mol. The van der Waals surface area contributed by atoms with Crippen molar-refractivity contribution < 1.29 is 14.3 Å². The van der Waals surface area contributed by atoms with E-state index < -0.39 is 0 Å².